The molecule has 0 saturated carbocycles. The number of amides is 1. The summed E-state index contributed by atoms with van der Waals surface area (Å²) in [5.74, 6) is 0.0133. The van der Waals surface area contributed by atoms with E-state index in [1.807, 2.05) is 30.5 Å². The molecular formula is C19H18ClN3O. The Morgan fingerprint density at radius 2 is 2.25 bits per heavy atom. The van der Waals surface area contributed by atoms with Crippen molar-refractivity contribution in [3.63, 3.8) is 0 Å². The van der Waals surface area contributed by atoms with Crippen LogP contribution in [0.1, 0.15) is 35.7 Å². The van der Waals surface area contributed by atoms with Crippen LogP contribution in [-0.2, 0) is 17.6 Å². The van der Waals surface area contributed by atoms with Gasteiger partial charge in [0.2, 0.25) is 5.91 Å². The van der Waals surface area contributed by atoms with Crippen LogP contribution >= 0.6 is 11.6 Å². The van der Waals surface area contributed by atoms with E-state index in [9.17, 15) is 4.79 Å². The van der Waals surface area contributed by atoms with Gasteiger partial charge in [-0.15, -0.1) is 0 Å². The number of benzene rings is 1. The first kappa shape index (κ1) is 15.2. The van der Waals surface area contributed by atoms with Crippen molar-refractivity contribution in [3.8, 4) is 0 Å². The van der Waals surface area contributed by atoms with E-state index < -0.39 is 0 Å². The fourth-order valence-electron chi connectivity index (χ4n) is 3.49. The van der Waals surface area contributed by atoms with E-state index >= 15 is 0 Å². The molecule has 1 atom stereocenters. The van der Waals surface area contributed by atoms with Crippen LogP contribution in [0.3, 0.4) is 0 Å². The average Bonchev–Trinajstić information content (AvgIpc) is 2.99. The number of aromatic nitrogens is 2. The number of halogens is 1. The quantitative estimate of drug-likeness (QED) is 0.759. The predicted octanol–water partition coefficient (Wildman–Crippen LogP) is 3.95. The van der Waals surface area contributed by atoms with Crippen LogP contribution in [0.25, 0.3) is 10.9 Å². The lowest BCUT2D eigenvalue weighted by atomic mass is 9.92. The van der Waals surface area contributed by atoms with E-state index in [-0.39, 0.29) is 11.9 Å². The van der Waals surface area contributed by atoms with Gasteiger partial charge in [-0.3, -0.25) is 9.78 Å². The Hall–Kier alpha value is -2.33. The predicted molar refractivity (Wildman–Crippen MR) is 95.1 cm³/mol. The van der Waals surface area contributed by atoms with E-state index in [0.717, 1.165) is 41.4 Å². The van der Waals surface area contributed by atoms with Crippen LogP contribution in [0.5, 0.6) is 0 Å². The van der Waals surface area contributed by atoms with E-state index in [2.05, 4.69) is 21.4 Å². The monoisotopic (exact) mass is 339 g/mol. The van der Waals surface area contributed by atoms with Gasteiger partial charge >= 0.3 is 0 Å². The second-order valence-electron chi connectivity index (χ2n) is 6.21. The molecule has 1 aromatic carbocycles. The largest absolute Gasteiger partial charge is 0.360 e. The van der Waals surface area contributed by atoms with Crippen molar-refractivity contribution < 1.29 is 4.79 Å². The molecule has 2 N–H and O–H groups in total. The van der Waals surface area contributed by atoms with Crippen LogP contribution in [0, 0.1) is 0 Å². The number of nitrogens with zero attached hydrogens (tertiary/aromatic N) is 1. The minimum absolute atomic E-state index is 0.0104. The Bertz CT molecular complexity index is 903. The third-order valence-electron chi connectivity index (χ3n) is 4.63. The molecule has 2 heterocycles. The molecule has 1 amide bonds. The number of para-hydroxylation sites is 1. The minimum atomic E-state index is 0.0104. The van der Waals surface area contributed by atoms with Crippen molar-refractivity contribution in [2.45, 2.75) is 31.7 Å². The van der Waals surface area contributed by atoms with Crippen molar-refractivity contribution in [2.75, 3.05) is 0 Å². The number of hydrogen-bond acceptors (Lipinski definition) is 2. The minimum Gasteiger partial charge on any atom is -0.360 e. The van der Waals surface area contributed by atoms with Gasteiger partial charge in [-0.1, -0.05) is 29.8 Å². The van der Waals surface area contributed by atoms with E-state index in [1.165, 1.54) is 5.56 Å². The second kappa shape index (κ2) is 6.29. The molecule has 0 radical (unpaired) electrons. The summed E-state index contributed by atoms with van der Waals surface area (Å²) in [6, 6.07) is 9.80. The third kappa shape index (κ3) is 2.78. The van der Waals surface area contributed by atoms with Crippen molar-refractivity contribution in [2.24, 2.45) is 0 Å². The molecule has 4 nitrogen and oxygen atoms in total. The molecule has 1 aliphatic rings. The highest BCUT2D eigenvalue weighted by molar-refractivity contribution is 6.35. The molecule has 4 rings (SSSR count). The maximum atomic E-state index is 12.5. The smallest absolute Gasteiger partial charge is 0.225 e. The number of aromatic amines is 1. The summed E-state index contributed by atoms with van der Waals surface area (Å²) in [6.07, 6.45) is 7.05. The first-order valence-electron chi connectivity index (χ1n) is 8.20. The normalized spacial score (nSPS) is 16.8. The lowest BCUT2D eigenvalue weighted by molar-refractivity contribution is -0.121. The van der Waals surface area contributed by atoms with Crippen molar-refractivity contribution in [3.05, 3.63) is 64.6 Å². The van der Waals surface area contributed by atoms with Gasteiger partial charge in [-0.25, -0.2) is 0 Å². The highest BCUT2D eigenvalue weighted by Gasteiger charge is 2.23. The summed E-state index contributed by atoms with van der Waals surface area (Å²) in [6.45, 7) is 0. The maximum Gasteiger partial charge on any atom is 0.225 e. The highest BCUT2D eigenvalue weighted by Crippen LogP contribution is 2.28. The number of aryl methyl sites for hydroxylation is 1. The lowest BCUT2D eigenvalue weighted by Gasteiger charge is -2.25. The number of fused-ring (bicyclic) bond motifs is 2. The lowest BCUT2D eigenvalue weighted by Crippen LogP contribution is -2.32. The Kier molecular flexibility index (Phi) is 3.98. The fourth-order valence-corrected chi connectivity index (χ4v) is 3.72. The molecule has 1 aliphatic carbocycles. The van der Waals surface area contributed by atoms with Gasteiger partial charge in [-0.05, 0) is 42.5 Å². The van der Waals surface area contributed by atoms with Crippen LogP contribution in [0.15, 0.2) is 42.7 Å². The summed E-state index contributed by atoms with van der Waals surface area (Å²) < 4.78 is 0. The fraction of sp³-hybridized carbons (Fsp3) is 0.263. The van der Waals surface area contributed by atoms with Gasteiger partial charge in [0, 0.05) is 17.8 Å². The first-order chi connectivity index (χ1) is 11.7. The van der Waals surface area contributed by atoms with Crippen LogP contribution in [0.2, 0.25) is 5.02 Å². The number of hydrogen-bond donors (Lipinski definition) is 2. The summed E-state index contributed by atoms with van der Waals surface area (Å²) >= 11 is 6.18. The molecular weight excluding hydrogens is 322 g/mol. The Labute approximate surface area is 145 Å². The van der Waals surface area contributed by atoms with Gasteiger partial charge in [0.05, 0.1) is 28.7 Å². The van der Waals surface area contributed by atoms with Crippen LogP contribution < -0.4 is 5.32 Å². The molecule has 5 heteroatoms. The van der Waals surface area contributed by atoms with Gasteiger partial charge in [0.1, 0.15) is 0 Å². The average molecular weight is 340 g/mol. The van der Waals surface area contributed by atoms with Crippen molar-refractivity contribution in [1.82, 2.24) is 15.3 Å². The standard InChI is InChI=1S/C19H18ClN3O/c20-15-7-2-6-14-13(11-22-19(14)15)10-17(24)23-16-8-1-4-12-5-3-9-21-18(12)16/h2-3,5-7,9,11,16,22H,1,4,8,10H2,(H,23,24). The van der Waals surface area contributed by atoms with Crippen molar-refractivity contribution in [1.29, 1.82) is 0 Å². The summed E-state index contributed by atoms with van der Waals surface area (Å²) in [7, 11) is 0. The van der Waals surface area contributed by atoms with Gasteiger partial charge in [0.15, 0.2) is 0 Å². The van der Waals surface area contributed by atoms with Crippen LogP contribution in [-0.4, -0.2) is 15.9 Å². The number of carbonyl (C=O) groups excluding carboxylic acids is 1. The molecule has 3 aromatic rings. The van der Waals surface area contributed by atoms with E-state index in [1.54, 1.807) is 6.20 Å². The third-order valence-corrected chi connectivity index (χ3v) is 4.95. The van der Waals surface area contributed by atoms with Gasteiger partial charge in [0.25, 0.3) is 0 Å². The molecule has 122 valence electrons. The number of pyridine rings is 1. The van der Waals surface area contributed by atoms with Gasteiger partial charge in [-0.2, -0.15) is 0 Å². The molecule has 1 unspecified atom stereocenters. The van der Waals surface area contributed by atoms with Crippen LogP contribution in [0.4, 0.5) is 0 Å². The highest BCUT2D eigenvalue weighted by atomic mass is 35.5. The maximum absolute atomic E-state index is 12.5. The molecule has 0 spiro atoms. The molecule has 24 heavy (non-hydrogen) atoms. The topological polar surface area (TPSA) is 57.8 Å². The number of H-pyrrole nitrogens is 1. The van der Waals surface area contributed by atoms with E-state index in [4.69, 9.17) is 11.6 Å². The number of nitrogens with one attached hydrogen (secondary N) is 2. The molecule has 0 bridgehead atoms. The molecule has 0 aliphatic heterocycles. The van der Waals surface area contributed by atoms with Crippen molar-refractivity contribution >= 4 is 28.4 Å². The number of carbonyl (C=O) groups is 1. The van der Waals surface area contributed by atoms with Gasteiger partial charge < -0.3 is 10.3 Å². The molecule has 2 aromatic heterocycles. The zero-order chi connectivity index (χ0) is 16.5. The Balaban J connectivity index is 1.52. The zero-order valence-electron chi connectivity index (χ0n) is 13.2. The molecule has 0 saturated heterocycles. The van der Waals surface area contributed by atoms with E-state index in [0.29, 0.717) is 11.4 Å². The zero-order valence-corrected chi connectivity index (χ0v) is 13.9. The summed E-state index contributed by atoms with van der Waals surface area (Å²) in [4.78, 5) is 20.2. The SMILES string of the molecule is O=C(Cc1c[nH]c2c(Cl)cccc12)NC1CCCc2cccnc21. The first-order valence-corrected chi connectivity index (χ1v) is 8.58. The number of rotatable bonds is 3. The Morgan fingerprint density at radius 3 is 3.17 bits per heavy atom. The molecule has 0 fully saturated rings. The second-order valence-corrected chi connectivity index (χ2v) is 6.62. The Morgan fingerprint density at radius 1 is 1.33 bits per heavy atom. The summed E-state index contributed by atoms with van der Waals surface area (Å²) in [5.41, 5.74) is 4.10. The summed E-state index contributed by atoms with van der Waals surface area (Å²) in [5, 5.41) is 4.82.